The molecule has 1 aromatic carbocycles. The van der Waals surface area contributed by atoms with E-state index in [-0.39, 0.29) is 0 Å². The van der Waals surface area contributed by atoms with Gasteiger partial charge in [0.15, 0.2) is 0 Å². The third kappa shape index (κ3) is 5.65. The van der Waals surface area contributed by atoms with Gasteiger partial charge in [-0.1, -0.05) is 25.5 Å². The molecule has 0 spiro atoms. The monoisotopic (exact) mass is 432 g/mol. The number of pyridine rings is 2. The predicted molar refractivity (Wildman–Crippen MR) is 129 cm³/mol. The van der Waals surface area contributed by atoms with Gasteiger partial charge in [0.25, 0.3) is 0 Å². The molecule has 2 aromatic heterocycles. The first-order chi connectivity index (χ1) is 15.7. The minimum atomic E-state index is 0.562. The lowest BCUT2D eigenvalue weighted by Crippen LogP contribution is -2.21. The number of fused-ring (bicyclic) bond motifs is 1. The second-order valence-electron chi connectivity index (χ2n) is 8.29. The Labute approximate surface area is 190 Å². The molecule has 5 heteroatoms. The molecule has 5 nitrogen and oxygen atoms in total. The van der Waals surface area contributed by atoms with E-state index in [1.165, 1.54) is 0 Å². The first kappa shape index (κ1) is 22.3. The predicted octanol–water partition coefficient (Wildman–Crippen LogP) is 6.09. The van der Waals surface area contributed by atoms with E-state index in [9.17, 15) is 0 Å². The van der Waals surface area contributed by atoms with Crippen LogP contribution in [0.2, 0.25) is 0 Å². The van der Waals surface area contributed by atoms with Crippen LogP contribution in [-0.2, 0) is 4.74 Å². The van der Waals surface area contributed by atoms with Gasteiger partial charge in [0.1, 0.15) is 11.5 Å². The quantitative estimate of drug-likeness (QED) is 0.383. The Kier molecular flexibility index (Phi) is 7.73. The highest BCUT2D eigenvalue weighted by molar-refractivity contribution is 5.88. The summed E-state index contributed by atoms with van der Waals surface area (Å²) < 4.78 is 17.6. The average Bonchev–Trinajstić information content (AvgIpc) is 2.84. The molecular weight excluding hydrogens is 400 g/mol. The summed E-state index contributed by atoms with van der Waals surface area (Å²) in [6, 6.07) is 12.0. The van der Waals surface area contributed by atoms with Crippen LogP contribution in [0.4, 0.5) is 0 Å². The molecule has 0 radical (unpaired) electrons. The molecule has 0 aliphatic carbocycles. The molecule has 0 unspecified atom stereocenters. The van der Waals surface area contributed by atoms with Crippen LogP contribution in [0, 0.1) is 12.8 Å². The average molecular weight is 433 g/mol. The van der Waals surface area contributed by atoms with E-state index in [2.05, 4.69) is 24.9 Å². The van der Waals surface area contributed by atoms with Gasteiger partial charge in [-0.25, -0.2) is 4.98 Å². The number of unbranched alkanes of at least 4 members (excludes halogenated alkanes) is 1. The van der Waals surface area contributed by atoms with Crippen molar-refractivity contribution in [1.29, 1.82) is 0 Å². The van der Waals surface area contributed by atoms with Crippen LogP contribution in [0.15, 0.2) is 42.6 Å². The number of rotatable bonds is 9. The Morgan fingerprint density at radius 2 is 1.94 bits per heavy atom. The van der Waals surface area contributed by atoms with Crippen molar-refractivity contribution in [3.8, 4) is 11.5 Å². The van der Waals surface area contributed by atoms with Crippen LogP contribution in [0.3, 0.4) is 0 Å². The molecule has 0 atom stereocenters. The number of aromatic nitrogens is 2. The first-order valence-electron chi connectivity index (χ1n) is 11.6. The fourth-order valence-electron chi connectivity index (χ4n) is 3.86. The molecule has 1 aliphatic heterocycles. The summed E-state index contributed by atoms with van der Waals surface area (Å²) >= 11 is 0. The van der Waals surface area contributed by atoms with E-state index in [1.807, 2.05) is 42.5 Å². The standard InChI is InChI=1S/C27H32N2O3/c1-3-4-15-31-27-20(2)25(29-26-8-6-5-7-24(26)27)10-9-22-18-23(11-14-28-22)32-19-21-12-16-30-17-13-21/h5-11,14,18,21H,3-4,12-13,15-17,19H2,1-2H3/b10-9+. The van der Waals surface area contributed by atoms with Crippen molar-refractivity contribution in [3.05, 3.63) is 59.5 Å². The van der Waals surface area contributed by atoms with E-state index in [1.54, 1.807) is 6.20 Å². The summed E-state index contributed by atoms with van der Waals surface area (Å²) in [5, 5.41) is 1.06. The smallest absolute Gasteiger partial charge is 0.133 e. The van der Waals surface area contributed by atoms with E-state index in [0.717, 1.165) is 84.9 Å². The van der Waals surface area contributed by atoms with Crippen molar-refractivity contribution in [2.24, 2.45) is 5.92 Å². The van der Waals surface area contributed by atoms with Crippen molar-refractivity contribution in [2.75, 3.05) is 26.4 Å². The van der Waals surface area contributed by atoms with Crippen LogP contribution in [-0.4, -0.2) is 36.4 Å². The zero-order valence-electron chi connectivity index (χ0n) is 19.0. The number of ether oxygens (including phenoxy) is 3. The molecule has 1 fully saturated rings. The highest BCUT2D eigenvalue weighted by Gasteiger charge is 2.15. The van der Waals surface area contributed by atoms with Crippen LogP contribution in [0.1, 0.15) is 49.6 Å². The number of hydrogen-bond acceptors (Lipinski definition) is 5. The molecule has 0 N–H and O–H groups in total. The van der Waals surface area contributed by atoms with E-state index in [0.29, 0.717) is 12.5 Å². The Morgan fingerprint density at radius 1 is 1.09 bits per heavy atom. The Balaban J connectivity index is 1.52. The summed E-state index contributed by atoms with van der Waals surface area (Å²) in [6.07, 6.45) is 10.1. The van der Waals surface area contributed by atoms with Gasteiger partial charge in [0.05, 0.1) is 30.1 Å². The molecule has 3 aromatic rings. The van der Waals surface area contributed by atoms with Crippen molar-refractivity contribution in [3.63, 3.8) is 0 Å². The van der Waals surface area contributed by atoms with Gasteiger partial charge in [0.2, 0.25) is 0 Å². The maximum absolute atomic E-state index is 6.17. The fourth-order valence-corrected chi connectivity index (χ4v) is 3.86. The molecule has 4 rings (SSSR count). The van der Waals surface area contributed by atoms with Crippen molar-refractivity contribution in [1.82, 2.24) is 9.97 Å². The van der Waals surface area contributed by atoms with Gasteiger partial charge in [-0.15, -0.1) is 0 Å². The van der Waals surface area contributed by atoms with Gasteiger partial charge < -0.3 is 14.2 Å². The van der Waals surface area contributed by atoms with Crippen LogP contribution in [0.5, 0.6) is 11.5 Å². The maximum atomic E-state index is 6.17. The van der Waals surface area contributed by atoms with Gasteiger partial charge in [-0.05, 0) is 62.5 Å². The van der Waals surface area contributed by atoms with Gasteiger partial charge >= 0.3 is 0 Å². The lowest BCUT2D eigenvalue weighted by atomic mass is 10.0. The first-order valence-corrected chi connectivity index (χ1v) is 11.6. The lowest BCUT2D eigenvalue weighted by Gasteiger charge is -2.22. The summed E-state index contributed by atoms with van der Waals surface area (Å²) in [5.41, 5.74) is 3.72. The molecule has 0 amide bonds. The molecule has 32 heavy (non-hydrogen) atoms. The maximum Gasteiger partial charge on any atom is 0.133 e. The Morgan fingerprint density at radius 3 is 2.78 bits per heavy atom. The van der Waals surface area contributed by atoms with Gasteiger partial charge in [0, 0.05) is 36.4 Å². The number of nitrogens with zero attached hydrogens (tertiary/aromatic N) is 2. The topological polar surface area (TPSA) is 53.5 Å². The molecule has 3 heterocycles. The number of para-hydroxylation sites is 1. The SMILES string of the molecule is CCCCOc1c(C)c(/C=C/c2cc(OCC3CCOCC3)ccn2)nc2ccccc12. The summed E-state index contributed by atoms with van der Waals surface area (Å²) in [7, 11) is 0. The van der Waals surface area contributed by atoms with Crippen molar-refractivity contribution in [2.45, 2.75) is 39.5 Å². The minimum absolute atomic E-state index is 0.562. The van der Waals surface area contributed by atoms with Gasteiger partial charge in [-0.3, -0.25) is 4.98 Å². The zero-order valence-corrected chi connectivity index (χ0v) is 19.0. The highest BCUT2D eigenvalue weighted by Crippen LogP contribution is 2.31. The summed E-state index contributed by atoms with van der Waals surface area (Å²) in [6.45, 7) is 7.34. The van der Waals surface area contributed by atoms with Crippen LogP contribution in [0.25, 0.3) is 23.1 Å². The van der Waals surface area contributed by atoms with Crippen LogP contribution >= 0.6 is 0 Å². The Bertz CT molecular complexity index is 1060. The van der Waals surface area contributed by atoms with E-state index < -0.39 is 0 Å². The second-order valence-corrected chi connectivity index (χ2v) is 8.29. The zero-order chi connectivity index (χ0) is 22.2. The van der Waals surface area contributed by atoms with E-state index >= 15 is 0 Å². The molecule has 0 bridgehead atoms. The molecule has 0 saturated carbocycles. The van der Waals surface area contributed by atoms with Crippen LogP contribution < -0.4 is 9.47 Å². The normalized spacial score (nSPS) is 14.8. The highest BCUT2D eigenvalue weighted by atomic mass is 16.5. The van der Waals surface area contributed by atoms with E-state index in [4.69, 9.17) is 19.2 Å². The third-order valence-corrected chi connectivity index (χ3v) is 5.85. The fraction of sp³-hybridized carbons (Fsp3) is 0.407. The summed E-state index contributed by atoms with van der Waals surface area (Å²) in [4.78, 5) is 9.34. The van der Waals surface area contributed by atoms with Gasteiger partial charge in [-0.2, -0.15) is 0 Å². The molecule has 1 aliphatic rings. The number of hydrogen-bond donors (Lipinski definition) is 0. The summed E-state index contributed by atoms with van der Waals surface area (Å²) in [5.74, 6) is 2.33. The molecular formula is C27H32N2O3. The lowest BCUT2D eigenvalue weighted by molar-refractivity contribution is 0.0497. The Hall–Kier alpha value is -2.92. The largest absolute Gasteiger partial charge is 0.493 e. The third-order valence-electron chi connectivity index (χ3n) is 5.85. The molecule has 1 saturated heterocycles. The minimum Gasteiger partial charge on any atom is -0.493 e. The molecule has 168 valence electrons. The second kappa shape index (κ2) is 11.1. The van der Waals surface area contributed by atoms with Crippen molar-refractivity contribution >= 4 is 23.1 Å². The number of benzene rings is 1. The van der Waals surface area contributed by atoms with Crippen molar-refractivity contribution < 1.29 is 14.2 Å².